The van der Waals surface area contributed by atoms with Gasteiger partial charge in [-0.2, -0.15) is 0 Å². The lowest BCUT2D eigenvalue weighted by molar-refractivity contribution is -0.384. The Morgan fingerprint density at radius 1 is 1.36 bits per heavy atom. The Labute approximate surface area is 125 Å². The Hall–Kier alpha value is -2.91. The molecule has 118 valence electrons. The summed E-state index contributed by atoms with van der Waals surface area (Å²) in [7, 11) is 0. The largest absolute Gasteiger partial charge is 0.465 e. The predicted molar refractivity (Wildman–Crippen MR) is 75.7 cm³/mol. The normalized spacial score (nSPS) is 14.5. The average molecular weight is 309 g/mol. The van der Waals surface area contributed by atoms with Crippen LogP contribution in [0.3, 0.4) is 0 Å². The van der Waals surface area contributed by atoms with Gasteiger partial charge in [-0.3, -0.25) is 19.9 Å². The molecule has 2 rings (SSSR count). The van der Waals surface area contributed by atoms with E-state index in [1.165, 1.54) is 17.3 Å². The second-order valence-electron chi connectivity index (χ2n) is 4.65. The van der Waals surface area contributed by atoms with Gasteiger partial charge in [0.2, 0.25) is 5.91 Å². The second-order valence-corrected chi connectivity index (χ2v) is 4.65. The summed E-state index contributed by atoms with van der Waals surface area (Å²) in [6, 6.07) is 1.57. The van der Waals surface area contributed by atoms with Gasteiger partial charge in [-0.15, -0.1) is 0 Å². The molecular formula is C12H15N5O5. The van der Waals surface area contributed by atoms with Gasteiger partial charge in [-0.1, -0.05) is 0 Å². The van der Waals surface area contributed by atoms with Crippen molar-refractivity contribution in [1.82, 2.24) is 15.2 Å². The average Bonchev–Trinajstić information content (AvgIpc) is 2.52. The van der Waals surface area contributed by atoms with Gasteiger partial charge in [0, 0.05) is 32.4 Å². The van der Waals surface area contributed by atoms with Crippen LogP contribution in [0.15, 0.2) is 18.5 Å². The fourth-order valence-corrected chi connectivity index (χ4v) is 2.25. The van der Waals surface area contributed by atoms with E-state index in [4.69, 9.17) is 5.11 Å². The number of piperazine rings is 1. The third-order valence-corrected chi connectivity index (χ3v) is 3.34. The lowest BCUT2D eigenvalue weighted by Crippen LogP contribution is -2.51. The first-order valence-electron chi connectivity index (χ1n) is 6.57. The van der Waals surface area contributed by atoms with E-state index in [1.807, 2.05) is 10.2 Å². The fraction of sp³-hybridized carbons (Fsp3) is 0.417. The molecule has 22 heavy (non-hydrogen) atoms. The van der Waals surface area contributed by atoms with Crippen LogP contribution in [0.1, 0.15) is 0 Å². The van der Waals surface area contributed by atoms with Crippen LogP contribution in [-0.4, -0.2) is 64.6 Å². The molecule has 1 aromatic heterocycles. The lowest BCUT2D eigenvalue weighted by Gasteiger charge is -2.35. The molecule has 0 bridgehead atoms. The van der Waals surface area contributed by atoms with Crippen molar-refractivity contribution in [1.29, 1.82) is 0 Å². The summed E-state index contributed by atoms with van der Waals surface area (Å²) in [4.78, 5) is 39.7. The van der Waals surface area contributed by atoms with Crippen LogP contribution in [0.2, 0.25) is 0 Å². The first-order valence-corrected chi connectivity index (χ1v) is 6.57. The van der Waals surface area contributed by atoms with Crippen molar-refractivity contribution in [3.63, 3.8) is 0 Å². The summed E-state index contributed by atoms with van der Waals surface area (Å²) in [6.07, 6.45) is 1.43. The molecule has 1 aromatic rings. The summed E-state index contributed by atoms with van der Waals surface area (Å²) < 4.78 is 0. The highest BCUT2D eigenvalue weighted by Crippen LogP contribution is 2.27. The topological polar surface area (TPSA) is 129 Å². The predicted octanol–water partition coefficient (Wildman–Crippen LogP) is -0.0940. The molecule has 0 radical (unpaired) electrons. The number of nitrogens with zero attached hydrogens (tertiary/aromatic N) is 4. The van der Waals surface area contributed by atoms with Crippen LogP contribution in [0, 0.1) is 10.1 Å². The third kappa shape index (κ3) is 3.59. The summed E-state index contributed by atoms with van der Waals surface area (Å²) >= 11 is 0. The number of anilines is 1. The second kappa shape index (κ2) is 6.70. The van der Waals surface area contributed by atoms with E-state index in [0.717, 1.165) is 0 Å². The van der Waals surface area contributed by atoms with E-state index in [2.05, 4.69) is 4.98 Å². The molecular weight excluding hydrogens is 294 g/mol. The van der Waals surface area contributed by atoms with Crippen molar-refractivity contribution in [3.8, 4) is 0 Å². The number of nitro groups is 1. The maximum atomic E-state index is 11.8. The van der Waals surface area contributed by atoms with Crippen molar-refractivity contribution in [2.75, 3.05) is 37.6 Å². The Bertz CT molecular complexity index is 585. The Morgan fingerprint density at radius 3 is 2.64 bits per heavy atom. The van der Waals surface area contributed by atoms with Gasteiger partial charge in [-0.25, -0.2) is 4.79 Å². The van der Waals surface area contributed by atoms with Gasteiger partial charge in [0.1, 0.15) is 18.4 Å². The van der Waals surface area contributed by atoms with Crippen molar-refractivity contribution in [3.05, 3.63) is 28.6 Å². The van der Waals surface area contributed by atoms with E-state index < -0.39 is 11.0 Å². The molecule has 1 aliphatic heterocycles. The van der Waals surface area contributed by atoms with E-state index >= 15 is 0 Å². The standard InChI is InChI=1S/C12H15N5O5/c18-11(8-14-12(19)20)16-5-3-15(4-6-16)9-1-2-13-7-10(9)17(21)22/h1-2,7,14H,3-6,8H2,(H,19,20). The molecule has 0 aliphatic carbocycles. The number of nitrogens with one attached hydrogen (secondary N) is 1. The first kappa shape index (κ1) is 15.5. The summed E-state index contributed by atoms with van der Waals surface area (Å²) in [6.45, 7) is 1.34. The Kier molecular flexibility index (Phi) is 4.71. The molecule has 10 heteroatoms. The number of aromatic nitrogens is 1. The van der Waals surface area contributed by atoms with Crippen molar-refractivity contribution < 1.29 is 19.6 Å². The Morgan fingerprint density at radius 2 is 2.05 bits per heavy atom. The number of pyridine rings is 1. The van der Waals surface area contributed by atoms with Crippen LogP contribution < -0.4 is 10.2 Å². The monoisotopic (exact) mass is 309 g/mol. The van der Waals surface area contributed by atoms with Crippen LogP contribution >= 0.6 is 0 Å². The molecule has 2 amide bonds. The van der Waals surface area contributed by atoms with E-state index in [1.54, 1.807) is 6.07 Å². The van der Waals surface area contributed by atoms with Gasteiger partial charge in [0.25, 0.3) is 0 Å². The number of hydrogen-bond acceptors (Lipinski definition) is 6. The molecule has 1 aliphatic rings. The number of rotatable bonds is 4. The summed E-state index contributed by atoms with van der Waals surface area (Å²) in [5.41, 5.74) is 0.394. The maximum absolute atomic E-state index is 11.8. The van der Waals surface area contributed by atoms with Crippen molar-refractivity contribution >= 4 is 23.4 Å². The van der Waals surface area contributed by atoms with Crippen LogP contribution in [0.5, 0.6) is 0 Å². The number of carboxylic acid groups (broad SMARTS) is 1. The zero-order valence-electron chi connectivity index (χ0n) is 11.6. The zero-order chi connectivity index (χ0) is 16.1. The molecule has 2 N–H and O–H groups in total. The molecule has 0 spiro atoms. The molecule has 1 fully saturated rings. The molecule has 2 heterocycles. The molecule has 0 unspecified atom stereocenters. The molecule has 0 atom stereocenters. The number of amides is 2. The Balaban J connectivity index is 1.96. The molecule has 10 nitrogen and oxygen atoms in total. The lowest BCUT2D eigenvalue weighted by atomic mass is 10.2. The van der Waals surface area contributed by atoms with Crippen molar-refractivity contribution in [2.45, 2.75) is 0 Å². The van der Waals surface area contributed by atoms with Gasteiger partial charge >= 0.3 is 11.8 Å². The zero-order valence-corrected chi connectivity index (χ0v) is 11.6. The van der Waals surface area contributed by atoms with Crippen molar-refractivity contribution in [2.24, 2.45) is 0 Å². The minimum Gasteiger partial charge on any atom is -0.465 e. The van der Waals surface area contributed by atoms with E-state index in [-0.39, 0.29) is 18.1 Å². The van der Waals surface area contributed by atoms with Crippen LogP contribution in [0.4, 0.5) is 16.2 Å². The highest BCUT2D eigenvalue weighted by Gasteiger charge is 2.25. The summed E-state index contributed by atoms with van der Waals surface area (Å²) in [5, 5.41) is 21.5. The summed E-state index contributed by atoms with van der Waals surface area (Å²) in [5.74, 6) is -0.314. The molecule has 1 saturated heterocycles. The first-order chi connectivity index (χ1) is 10.5. The quantitative estimate of drug-likeness (QED) is 0.587. The minimum absolute atomic E-state index is 0.0742. The van der Waals surface area contributed by atoms with Gasteiger partial charge in [0.05, 0.1) is 4.92 Å². The van der Waals surface area contributed by atoms with Crippen LogP contribution in [-0.2, 0) is 4.79 Å². The highest BCUT2D eigenvalue weighted by atomic mass is 16.6. The molecule has 0 saturated carbocycles. The third-order valence-electron chi connectivity index (χ3n) is 3.34. The van der Waals surface area contributed by atoms with Gasteiger partial charge in [0.15, 0.2) is 0 Å². The van der Waals surface area contributed by atoms with E-state index in [9.17, 15) is 19.7 Å². The van der Waals surface area contributed by atoms with Gasteiger partial charge < -0.3 is 20.2 Å². The SMILES string of the molecule is O=C(O)NCC(=O)N1CCN(c2ccncc2[N+](=O)[O-])CC1. The minimum atomic E-state index is -1.25. The fourth-order valence-electron chi connectivity index (χ4n) is 2.25. The maximum Gasteiger partial charge on any atom is 0.405 e. The highest BCUT2D eigenvalue weighted by molar-refractivity contribution is 5.82. The number of carbonyl (C=O) groups excluding carboxylic acids is 1. The van der Waals surface area contributed by atoms with Gasteiger partial charge in [-0.05, 0) is 6.07 Å². The van der Waals surface area contributed by atoms with Crippen LogP contribution in [0.25, 0.3) is 0 Å². The smallest absolute Gasteiger partial charge is 0.405 e. The number of carbonyl (C=O) groups is 2. The van der Waals surface area contributed by atoms with E-state index in [0.29, 0.717) is 31.9 Å². The molecule has 0 aromatic carbocycles. The number of hydrogen-bond donors (Lipinski definition) is 2.